The lowest BCUT2D eigenvalue weighted by Gasteiger charge is -2.38. The van der Waals surface area contributed by atoms with Crippen LogP contribution in [0, 0.1) is 13.8 Å². The number of para-hydroxylation sites is 1. The van der Waals surface area contributed by atoms with E-state index in [1.165, 1.54) is 11.3 Å². The molecule has 0 radical (unpaired) electrons. The first-order valence-electron chi connectivity index (χ1n) is 9.31. The summed E-state index contributed by atoms with van der Waals surface area (Å²) in [4.78, 5) is 30.5. The summed E-state index contributed by atoms with van der Waals surface area (Å²) >= 11 is 1.28. The quantitative estimate of drug-likeness (QED) is 0.673. The SMILES string of the molecule is CC(=O)N1CC(n2cc(Nc3ncc(C(=O)Nc4c(C)cccc4C)s3)cn2)C1. The summed E-state index contributed by atoms with van der Waals surface area (Å²) in [7, 11) is 0. The van der Waals surface area contributed by atoms with Gasteiger partial charge in [0.25, 0.3) is 5.91 Å². The smallest absolute Gasteiger partial charge is 0.267 e. The maximum absolute atomic E-state index is 12.6. The molecule has 0 spiro atoms. The van der Waals surface area contributed by atoms with Crippen molar-refractivity contribution < 1.29 is 9.59 Å². The number of likely N-dealkylation sites (tertiary alicyclic amines) is 1. The molecule has 1 aliphatic rings. The van der Waals surface area contributed by atoms with Crippen LogP contribution in [-0.4, -0.2) is 44.6 Å². The molecule has 8 nitrogen and oxygen atoms in total. The molecule has 29 heavy (non-hydrogen) atoms. The number of nitrogens with one attached hydrogen (secondary N) is 2. The van der Waals surface area contributed by atoms with Crippen molar-refractivity contribution >= 4 is 39.7 Å². The third kappa shape index (κ3) is 4.00. The minimum atomic E-state index is -0.178. The Morgan fingerprint density at radius 1 is 1.17 bits per heavy atom. The van der Waals surface area contributed by atoms with Gasteiger partial charge < -0.3 is 15.5 Å². The van der Waals surface area contributed by atoms with Crippen molar-refractivity contribution in [1.29, 1.82) is 0 Å². The van der Waals surface area contributed by atoms with E-state index in [1.807, 2.05) is 42.9 Å². The second-order valence-corrected chi connectivity index (χ2v) is 8.19. The number of amides is 2. The van der Waals surface area contributed by atoms with Crippen LogP contribution in [0.5, 0.6) is 0 Å². The summed E-state index contributed by atoms with van der Waals surface area (Å²) in [5.74, 6) is -0.0938. The summed E-state index contributed by atoms with van der Waals surface area (Å²) in [6, 6.07) is 6.11. The Kier molecular flexibility index (Phi) is 5.06. The number of carbonyl (C=O) groups excluding carboxylic acids is 2. The molecule has 0 bridgehead atoms. The molecule has 4 rings (SSSR count). The molecule has 9 heteroatoms. The van der Waals surface area contributed by atoms with E-state index in [0.717, 1.165) is 22.5 Å². The van der Waals surface area contributed by atoms with Crippen LogP contribution < -0.4 is 10.6 Å². The standard InChI is InChI=1S/C20H22N6O2S/c1-12-5-4-6-13(2)18(12)24-19(28)17-8-21-20(29-17)23-15-7-22-26(9-15)16-10-25(11-16)14(3)27/h4-9,16H,10-11H2,1-3H3,(H,21,23)(H,24,28). The Hall–Kier alpha value is -3.20. The molecule has 1 aromatic carbocycles. The summed E-state index contributed by atoms with van der Waals surface area (Å²) in [5, 5.41) is 11.1. The van der Waals surface area contributed by atoms with Crippen LogP contribution in [0.1, 0.15) is 33.8 Å². The van der Waals surface area contributed by atoms with Crippen LogP contribution in [0.25, 0.3) is 0 Å². The van der Waals surface area contributed by atoms with E-state index in [-0.39, 0.29) is 17.9 Å². The zero-order chi connectivity index (χ0) is 20.5. The molecule has 2 aromatic heterocycles. The van der Waals surface area contributed by atoms with Gasteiger partial charge in [0.2, 0.25) is 5.91 Å². The van der Waals surface area contributed by atoms with Crippen LogP contribution in [0.4, 0.5) is 16.5 Å². The number of nitrogens with zero attached hydrogens (tertiary/aromatic N) is 4. The van der Waals surface area contributed by atoms with Crippen molar-refractivity contribution in [3.05, 3.63) is 52.8 Å². The average molecular weight is 411 g/mol. The van der Waals surface area contributed by atoms with E-state index >= 15 is 0 Å². The van der Waals surface area contributed by atoms with Crippen LogP contribution in [-0.2, 0) is 4.79 Å². The van der Waals surface area contributed by atoms with Gasteiger partial charge in [-0.1, -0.05) is 29.5 Å². The Morgan fingerprint density at radius 3 is 2.59 bits per heavy atom. The summed E-state index contributed by atoms with van der Waals surface area (Å²) < 4.78 is 1.85. The van der Waals surface area contributed by atoms with Crippen molar-refractivity contribution in [2.24, 2.45) is 0 Å². The van der Waals surface area contributed by atoms with Crippen molar-refractivity contribution in [2.75, 3.05) is 23.7 Å². The molecule has 0 unspecified atom stereocenters. The minimum absolute atomic E-state index is 0.0845. The van der Waals surface area contributed by atoms with Crippen LogP contribution >= 0.6 is 11.3 Å². The highest BCUT2D eigenvalue weighted by Gasteiger charge is 2.30. The molecular weight excluding hydrogens is 388 g/mol. The van der Waals surface area contributed by atoms with Gasteiger partial charge in [0, 0.05) is 31.9 Å². The topological polar surface area (TPSA) is 92.2 Å². The first kappa shape index (κ1) is 19.1. The number of aryl methyl sites for hydroxylation is 2. The summed E-state index contributed by atoms with van der Waals surface area (Å²) in [6.07, 6.45) is 5.17. The highest BCUT2D eigenvalue weighted by Crippen LogP contribution is 2.27. The number of hydrogen-bond acceptors (Lipinski definition) is 6. The molecular formula is C20H22N6O2S. The lowest BCUT2D eigenvalue weighted by Crippen LogP contribution is -2.49. The second kappa shape index (κ2) is 7.67. The number of benzene rings is 1. The first-order chi connectivity index (χ1) is 13.9. The van der Waals surface area contributed by atoms with E-state index in [2.05, 4.69) is 20.7 Å². The monoisotopic (exact) mass is 410 g/mol. The number of thiazole rings is 1. The fourth-order valence-corrected chi connectivity index (χ4v) is 3.96. The Labute approximate surface area is 172 Å². The normalized spacial score (nSPS) is 13.8. The number of rotatable bonds is 5. The molecule has 2 amide bonds. The molecule has 1 saturated heterocycles. The van der Waals surface area contributed by atoms with Crippen molar-refractivity contribution in [2.45, 2.75) is 26.8 Å². The molecule has 3 aromatic rings. The molecule has 1 aliphatic heterocycles. The van der Waals surface area contributed by atoms with E-state index in [0.29, 0.717) is 23.1 Å². The van der Waals surface area contributed by atoms with Crippen LogP contribution in [0.3, 0.4) is 0 Å². The molecule has 3 heterocycles. The lowest BCUT2D eigenvalue weighted by atomic mass is 10.1. The predicted octanol–water partition coefficient (Wildman–Crippen LogP) is 3.36. The van der Waals surface area contributed by atoms with Gasteiger partial charge in [-0.25, -0.2) is 4.98 Å². The Balaban J connectivity index is 1.38. The molecule has 0 atom stereocenters. The van der Waals surface area contributed by atoms with Gasteiger partial charge in [0.05, 0.1) is 24.1 Å². The van der Waals surface area contributed by atoms with E-state index in [9.17, 15) is 9.59 Å². The van der Waals surface area contributed by atoms with Crippen LogP contribution in [0.15, 0.2) is 36.8 Å². The average Bonchev–Trinajstić information content (AvgIpc) is 3.27. The van der Waals surface area contributed by atoms with E-state index < -0.39 is 0 Å². The van der Waals surface area contributed by atoms with Gasteiger partial charge in [0.1, 0.15) is 4.88 Å². The Morgan fingerprint density at radius 2 is 1.90 bits per heavy atom. The van der Waals surface area contributed by atoms with Crippen LogP contribution in [0.2, 0.25) is 0 Å². The van der Waals surface area contributed by atoms with Crippen molar-refractivity contribution in [1.82, 2.24) is 19.7 Å². The van der Waals surface area contributed by atoms with E-state index in [4.69, 9.17) is 0 Å². The van der Waals surface area contributed by atoms with Crippen molar-refractivity contribution in [3.63, 3.8) is 0 Å². The van der Waals surface area contributed by atoms with Gasteiger partial charge in [-0.2, -0.15) is 5.10 Å². The van der Waals surface area contributed by atoms with Gasteiger partial charge in [0.15, 0.2) is 5.13 Å². The van der Waals surface area contributed by atoms with Gasteiger partial charge in [-0.05, 0) is 25.0 Å². The van der Waals surface area contributed by atoms with Gasteiger partial charge in [-0.15, -0.1) is 0 Å². The van der Waals surface area contributed by atoms with Crippen molar-refractivity contribution in [3.8, 4) is 0 Å². The summed E-state index contributed by atoms with van der Waals surface area (Å²) in [5.41, 5.74) is 3.67. The van der Waals surface area contributed by atoms with Gasteiger partial charge >= 0.3 is 0 Å². The highest BCUT2D eigenvalue weighted by molar-refractivity contribution is 7.17. The Bertz CT molecular complexity index is 1050. The summed E-state index contributed by atoms with van der Waals surface area (Å²) in [6.45, 7) is 6.87. The molecule has 150 valence electrons. The van der Waals surface area contributed by atoms with Gasteiger partial charge in [-0.3, -0.25) is 14.3 Å². The third-order valence-electron chi connectivity index (χ3n) is 4.98. The lowest BCUT2D eigenvalue weighted by molar-refractivity contribution is -0.134. The fourth-order valence-electron chi connectivity index (χ4n) is 3.23. The zero-order valence-corrected chi connectivity index (χ0v) is 17.3. The third-order valence-corrected chi connectivity index (χ3v) is 5.90. The number of anilines is 3. The van der Waals surface area contributed by atoms with E-state index in [1.54, 1.807) is 24.2 Å². The first-order valence-corrected chi connectivity index (χ1v) is 10.1. The molecule has 2 N–H and O–H groups in total. The second-order valence-electron chi connectivity index (χ2n) is 7.16. The highest BCUT2D eigenvalue weighted by atomic mass is 32.1. The fraction of sp³-hybridized carbons (Fsp3) is 0.300. The number of aromatic nitrogens is 3. The maximum Gasteiger partial charge on any atom is 0.267 e. The number of hydrogen-bond donors (Lipinski definition) is 2. The predicted molar refractivity (Wildman–Crippen MR) is 113 cm³/mol. The largest absolute Gasteiger partial charge is 0.339 e. The maximum atomic E-state index is 12.6. The minimum Gasteiger partial charge on any atom is -0.339 e. The number of carbonyl (C=O) groups is 2. The zero-order valence-electron chi connectivity index (χ0n) is 16.5. The molecule has 0 saturated carbocycles. The molecule has 1 fully saturated rings. The molecule has 0 aliphatic carbocycles.